The summed E-state index contributed by atoms with van der Waals surface area (Å²) in [7, 11) is 1.59. The van der Waals surface area contributed by atoms with Gasteiger partial charge in [-0.1, -0.05) is 35.9 Å². The van der Waals surface area contributed by atoms with Crippen LogP contribution in [0, 0.1) is 0 Å². The summed E-state index contributed by atoms with van der Waals surface area (Å²) < 4.78 is 6.93. The summed E-state index contributed by atoms with van der Waals surface area (Å²) in [5, 5.41) is 0.195. The maximum atomic E-state index is 12.4. The van der Waals surface area contributed by atoms with Crippen molar-refractivity contribution in [1.29, 1.82) is 0 Å². The number of ether oxygens (including phenoxy) is 1. The molecule has 3 aromatic rings. The lowest BCUT2D eigenvalue weighted by Crippen LogP contribution is -2.00. The van der Waals surface area contributed by atoms with E-state index in [1.165, 1.54) is 6.08 Å². The highest BCUT2D eigenvalue weighted by Crippen LogP contribution is 2.21. The summed E-state index contributed by atoms with van der Waals surface area (Å²) >= 11 is 6.09. The molecule has 0 amide bonds. The molecule has 1 aromatic carbocycles. The Morgan fingerprint density at radius 2 is 2.00 bits per heavy atom. The van der Waals surface area contributed by atoms with Crippen LogP contribution in [0.5, 0.6) is 5.75 Å². The molecule has 2 heterocycles. The fraction of sp³-hybridized carbons (Fsp3) is 0.0588. The summed E-state index contributed by atoms with van der Waals surface area (Å²) in [4.78, 5) is 16.6. The number of carbonyl (C=O) groups excluding carboxylic acids is 1. The van der Waals surface area contributed by atoms with Crippen molar-refractivity contribution in [2.24, 2.45) is 0 Å². The Kier molecular flexibility index (Phi) is 3.94. The van der Waals surface area contributed by atoms with Crippen molar-refractivity contribution in [2.75, 3.05) is 7.11 Å². The van der Waals surface area contributed by atoms with Crippen LogP contribution in [0.15, 0.2) is 54.7 Å². The van der Waals surface area contributed by atoms with Crippen LogP contribution in [0.3, 0.4) is 0 Å². The number of aromatic nitrogens is 2. The first-order valence-electron chi connectivity index (χ1n) is 6.68. The van der Waals surface area contributed by atoms with Crippen molar-refractivity contribution in [2.45, 2.75) is 0 Å². The van der Waals surface area contributed by atoms with Crippen LogP contribution in [-0.2, 0) is 0 Å². The van der Waals surface area contributed by atoms with Crippen LogP contribution in [0.25, 0.3) is 11.7 Å². The molecule has 0 aliphatic heterocycles. The zero-order chi connectivity index (χ0) is 15.5. The van der Waals surface area contributed by atoms with Gasteiger partial charge in [-0.2, -0.15) is 0 Å². The maximum Gasteiger partial charge on any atom is 0.205 e. The van der Waals surface area contributed by atoms with Gasteiger partial charge in [0.15, 0.2) is 5.15 Å². The van der Waals surface area contributed by atoms with E-state index in [1.54, 1.807) is 29.8 Å². The Morgan fingerprint density at radius 1 is 1.23 bits per heavy atom. The molecular weight excluding hydrogens is 300 g/mol. The summed E-state index contributed by atoms with van der Waals surface area (Å²) in [6.45, 7) is 0. The number of hydrogen-bond donors (Lipinski definition) is 0. The topological polar surface area (TPSA) is 43.6 Å². The Bertz CT molecular complexity index is 868. The van der Waals surface area contributed by atoms with Crippen LogP contribution >= 0.6 is 11.6 Å². The van der Waals surface area contributed by atoms with Crippen LogP contribution in [-0.4, -0.2) is 22.3 Å². The largest absolute Gasteiger partial charge is 0.496 e. The average molecular weight is 313 g/mol. The lowest BCUT2D eigenvalue weighted by molar-refractivity contribution is 0.104. The number of rotatable bonds is 4. The number of fused-ring (bicyclic) bond motifs is 1. The number of hydrogen-bond acceptors (Lipinski definition) is 3. The fourth-order valence-electron chi connectivity index (χ4n) is 2.24. The molecule has 0 fully saturated rings. The van der Waals surface area contributed by atoms with Crippen LogP contribution in [0.2, 0.25) is 5.15 Å². The van der Waals surface area contributed by atoms with Gasteiger partial charge in [0.25, 0.3) is 0 Å². The van der Waals surface area contributed by atoms with E-state index in [1.807, 2.05) is 36.4 Å². The van der Waals surface area contributed by atoms with Gasteiger partial charge < -0.3 is 4.74 Å². The molecule has 0 spiro atoms. The number of benzene rings is 1. The van der Waals surface area contributed by atoms with Gasteiger partial charge in [0, 0.05) is 11.8 Å². The van der Waals surface area contributed by atoms with Crippen LogP contribution in [0.1, 0.15) is 16.1 Å². The van der Waals surface area contributed by atoms with E-state index < -0.39 is 0 Å². The number of halogens is 1. The van der Waals surface area contributed by atoms with Gasteiger partial charge in [0.05, 0.1) is 7.11 Å². The predicted octanol–water partition coefficient (Wildman–Crippen LogP) is 3.89. The molecule has 110 valence electrons. The highest BCUT2D eigenvalue weighted by atomic mass is 35.5. The minimum atomic E-state index is -0.213. The monoisotopic (exact) mass is 312 g/mol. The Morgan fingerprint density at radius 3 is 2.82 bits per heavy atom. The van der Waals surface area contributed by atoms with Gasteiger partial charge in [0.1, 0.15) is 17.1 Å². The molecule has 0 bridgehead atoms. The van der Waals surface area contributed by atoms with Crippen molar-refractivity contribution in [3.63, 3.8) is 0 Å². The van der Waals surface area contributed by atoms with Crippen molar-refractivity contribution < 1.29 is 9.53 Å². The summed E-state index contributed by atoms with van der Waals surface area (Å²) in [5.74, 6) is 0.491. The van der Waals surface area contributed by atoms with Crippen molar-refractivity contribution in [3.05, 3.63) is 71.1 Å². The number of imidazole rings is 1. The van der Waals surface area contributed by atoms with Gasteiger partial charge >= 0.3 is 0 Å². The first-order valence-corrected chi connectivity index (χ1v) is 7.06. The smallest absolute Gasteiger partial charge is 0.205 e. The molecule has 2 aromatic heterocycles. The second-order valence-corrected chi connectivity index (χ2v) is 4.98. The molecule has 0 radical (unpaired) electrons. The van der Waals surface area contributed by atoms with Crippen molar-refractivity contribution in [3.8, 4) is 5.75 Å². The molecule has 0 saturated heterocycles. The van der Waals surface area contributed by atoms with E-state index in [9.17, 15) is 4.79 Å². The molecule has 3 rings (SSSR count). The molecule has 0 saturated carbocycles. The number of allylic oxidation sites excluding steroid dienone is 1. The minimum absolute atomic E-state index is 0.195. The standard InChI is InChI=1S/C17H13ClN2O2/c1-22-14-7-3-2-6-12(14)9-10-13(21)16-17(18)19-15-8-4-5-11-20(15)16/h2-11H,1H3. The fourth-order valence-corrected chi connectivity index (χ4v) is 2.51. The number of nitrogens with zero attached hydrogens (tertiary/aromatic N) is 2. The Balaban J connectivity index is 1.97. The number of methoxy groups -OCH3 is 1. The van der Waals surface area contributed by atoms with Crippen LogP contribution < -0.4 is 4.74 Å². The first kappa shape index (κ1) is 14.4. The second-order valence-electron chi connectivity index (χ2n) is 4.62. The summed E-state index contributed by atoms with van der Waals surface area (Å²) in [6.07, 6.45) is 4.94. The normalized spacial score (nSPS) is 11.2. The Hall–Kier alpha value is -2.59. The zero-order valence-electron chi connectivity index (χ0n) is 11.9. The third kappa shape index (κ3) is 2.61. The second kappa shape index (κ2) is 6.03. The minimum Gasteiger partial charge on any atom is -0.496 e. The van der Waals surface area contributed by atoms with E-state index in [2.05, 4.69) is 4.98 Å². The molecule has 4 nitrogen and oxygen atoms in total. The zero-order valence-corrected chi connectivity index (χ0v) is 12.6. The van der Waals surface area contributed by atoms with E-state index in [4.69, 9.17) is 16.3 Å². The summed E-state index contributed by atoms with van der Waals surface area (Å²) in [5.41, 5.74) is 1.81. The predicted molar refractivity (Wildman–Crippen MR) is 86.6 cm³/mol. The molecule has 0 atom stereocenters. The molecule has 0 aliphatic carbocycles. The van der Waals surface area contributed by atoms with Crippen LogP contribution in [0.4, 0.5) is 0 Å². The third-order valence-electron chi connectivity index (χ3n) is 3.27. The van der Waals surface area contributed by atoms with E-state index in [0.29, 0.717) is 17.1 Å². The lowest BCUT2D eigenvalue weighted by Gasteiger charge is -2.03. The number of carbonyl (C=O) groups is 1. The molecule has 22 heavy (non-hydrogen) atoms. The number of para-hydroxylation sites is 1. The van der Waals surface area contributed by atoms with Crippen molar-refractivity contribution in [1.82, 2.24) is 9.38 Å². The molecule has 5 heteroatoms. The van der Waals surface area contributed by atoms with Gasteiger partial charge in [-0.3, -0.25) is 9.20 Å². The summed E-state index contributed by atoms with van der Waals surface area (Å²) in [6, 6.07) is 12.9. The van der Waals surface area contributed by atoms with E-state index in [0.717, 1.165) is 5.56 Å². The highest BCUT2D eigenvalue weighted by Gasteiger charge is 2.15. The molecular formula is C17H13ClN2O2. The van der Waals surface area contributed by atoms with Gasteiger partial charge in [0.2, 0.25) is 5.78 Å². The van der Waals surface area contributed by atoms with Crippen molar-refractivity contribution >= 4 is 29.1 Å². The average Bonchev–Trinajstić information content (AvgIpc) is 2.88. The SMILES string of the molecule is COc1ccccc1C=CC(=O)c1c(Cl)nc2ccccn12. The van der Waals surface area contributed by atoms with Gasteiger partial charge in [-0.25, -0.2) is 4.98 Å². The quantitative estimate of drug-likeness (QED) is 0.542. The molecule has 0 aliphatic rings. The van der Waals surface area contributed by atoms with E-state index in [-0.39, 0.29) is 10.9 Å². The van der Waals surface area contributed by atoms with Gasteiger partial charge in [-0.05, 0) is 30.4 Å². The molecule has 0 unspecified atom stereocenters. The number of ketones is 1. The maximum absolute atomic E-state index is 12.4. The highest BCUT2D eigenvalue weighted by molar-refractivity contribution is 6.33. The third-order valence-corrected chi connectivity index (χ3v) is 3.54. The van der Waals surface area contributed by atoms with E-state index >= 15 is 0 Å². The molecule has 0 N–H and O–H groups in total. The first-order chi connectivity index (χ1) is 10.7. The van der Waals surface area contributed by atoms with Gasteiger partial charge in [-0.15, -0.1) is 0 Å². The number of pyridine rings is 1. The Labute approximate surface area is 132 Å². The lowest BCUT2D eigenvalue weighted by atomic mass is 10.1.